The number of hydrogen-bond acceptors (Lipinski definition) is 2. The molecule has 1 spiro atoms. The van der Waals surface area contributed by atoms with E-state index in [9.17, 15) is 4.79 Å². The highest BCUT2D eigenvalue weighted by Gasteiger charge is 2.56. The molecule has 2 heteroatoms. The summed E-state index contributed by atoms with van der Waals surface area (Å²) >= 11 is 0. The van der Waals surface area contributed by atoms with Gasteiger partial charge in [0.25, 0.3) is 0 Å². The lowest BCUT2D eigenvalue weighted by atomic mass is 9.86. The minimum absolute atomic E-state index is 0.179. The molecule has 1 heterocycles. The second-order valence-electron chi connectivity index (χ2n) is 7.96. The van der Waals surface area contributed by atoms with Gasteiger partial charge in [0.15, 0.2) is 0 Å². The minimum atomic E-state index is 0.179. The lowest BCUT2D eigenvalue weighted by Crippen LogP contribution is -2.30. The van der Waals surface area contributed by atoms with E-state index < -0.39 is 0 Å². The quantitative estimate of drug-likeness (QED) is 0.921. The third kappa shape index (κ3) is 3.06. The van der Waals surface area contributed by atoms with Crippen molar-refractivity contribution < 1.29 is 4.79 Å². The molecular weight excluding hydrogens is 258 g/mol. The molecule has 1 aromatic carbocycles. The number of carbonyl (C=O) groups is 1. The fraction of sp³-hybridized carbons (Fsp3) is 0.632. The summed E-state index contributed by atoms with van der Waals surface area (Å²) < 4.78 is 0. The van der Waals surface area contributed by atoms with Gasteiger partial charge in [0.2, 0.25) is 0 Å². The van der Waals surface area contributed by atoms with Crippen LogP contribution in [0.3, 0.4) is 0 Å². The van der Waals surface area contributed by atoms with Crippen molar-refractivity contribution in [3.05, 3.63) is 35.4 Å². The third-order valence-corrected chi connectivity index (χ3v) is 5.38. The van der Waals surface area contributed by atoms with E-state index >= 15 is 0 Å². The summed E-state index contributed by atoms with van der Waals surface area (Å²) in [5.74, 6) is 0.794. The molecule has 21 heavy (non-hydrogen) atoms. The van der Waals surface area contributed by atoms with E-state index in [-0.39, 0.29) is 5.41 Å². The molecule has 1 N–H and O–H groups in total. The second-order valence-corrected chi connectivity index (χ2v) is 7.96. The first-order valence-corrected chi connectivity index (χ1v) is 8.24. The summed E-state index contributed by atoms with van der Waals surface area (Å²) in [5, 5.41) is 3.40. The van der Waals surface area contributed by atoms with Crippen LogP contribution in [0.5, 0.6) is 0 Å². The van der Waals surface area contributed by atoms with Gasteiger partial charge in [-0.05, 0) is 54.3 Å². The van der Waals surface area contributed by atoms with E-state index in [0.29, 0.717) is 23.5 Å². The molecule has 1 atom stereocenters. The number of nitrogens with one attached hydrogen (secondary N) is 1. The van der Waals surface area contributed by atoms with E-state index in [4.69, 9.17) is 0 Å². The average Bonchev–Trinajstić information content (AvgIpc) is 3.13. The number of rotatable bonds is 3. The first-order valence-electron chi connectivity index (χ1n) is 8.24. The van der Waals surface area contributed by atoms with Crippen molar-refractivity contribution in [3.63, 3.8) is 0 Å². The maximum atomic E-state index is 12.5. The highest BCUT2D eigenvalue weighted by molar-refractivity contribution is 5.86. The minimum Gasteiger partial charge on any atom is -0.317 e. The summed E-state index contributed by atoms with van der Waals surface area (Å²) in [7, 11) is 0. The Balaban J connectivity index is 1.61. The zero-order valence-electron chi connectivity index (χ0n) is 13.5. The molecule has 1 saturated heterocycles. The zero-order chi connectivity index (χ0) is 15.1. The highest BCUT2D eigenvalue weighted by atomic mass is 16.1. The lowest BCUT2D eigenvalue weighted by Gasteiger charge is -2.23. The second kappa shape index (κ2) is 5.24. The summed E-state index contributed by atoms with van der Waals surface area (Å²) in [5.41, 5.74) is 3.05. The Kier molecular flexibility index (Phi) is 3.69. The maximum Gasteiger partial charge on any atom is 0.140 e. The van der Waals surface area contributed by atoms with Gasteiger partial charge in [-0.3, -0.25) is 4.79 Å². The summed E-state index contributed by atoms with van der Waals surface area (Å²) in [6, 6.07) is 8.62. The van der Waals surface area contributed by atoms with Crippen molar-refractivity contribution in [1.82, 2.24) is 5.32 Å². The smallest absolute Gasteiger partial charge is 0.140 e. The molecule has 1 aliphatic heterocycles. The molecule has 0 radical (unpaired) electrons. The van der Waals surface area contributed by atoms with Crippen molar-refractivity contribution in [1.29, 1.82) is 0 Å². The van der Waals surface area contributed by atoms with E-state index in [2.05, 4.69) is 50.4 Å². The van der Waals surface area contributed by atoms with Crippen molar-refractivity contribution in [2.75, 3.05) is 13.1 Å². The van der Waals surface area contributed by atoms with Crippen LogP contribution in [0.4, 0.5) is 0 Å². The monoisotopic (exact) mass is 285 g/mol. The molecule has 0 amide bonds. The Hall–Kier alpha value is -1.15. The highest BCUT2D eigenvalue weighted by Crippen LogP contribution is 2.59. The standard InChI is InChI=1S/C19H27NO/c1-18(2,3)15-6-4-14(5-7-15)12-17(21)16-13-19(16)8-10-20-11-9-19/h4-7,16,20H,8-13H2,1-3H3. The van der Waals surface area contributed by atoms with Crippen LogP contribution in [-0.2, 0) is 16.6 Å². The van der Waals surface area contributed by atoms with Crippen LogP contribution < -0.4 is 5.32 Å². The zero-order valence-corrected chi connectivity index (χ0v) is 13.5. The van der Waals surface area contributed by atoms with Crippen LogP contribution >= 0.6 is 0 Å². The SMILES string of the molecule is CC(C)(C)c1ccc(CC(=O)C2CC23CCNCC3)cc1. The van der Waals surface area contributed by atoms with Gasteiger partial charge in [-0.15, -0.1) is 0 Å². The fourth-order valence-corrected chi connectivity index (χ4v) is 3.73. The Bertz CT molecular complexity index is 517. The normalized spacial score (nSPS) is 24.0. The molecule has 3 rings (SSSR count). The summed E-state index contributed by atoms with van der Waals surface area (Å²) in [4.78, 5) is 12.5. The summed E-state index contributed by atoms with van der Waals surface area (Å²) in [6.07, 6.45) is 4.12. The molecule has 1 unspecified atom stereocenters. The van der Waals surface area contributed by atoms with Gasteiger partial charge in [-0.2, -0.15) is 0 Å². The third-order valence-electron chi connectivity index (χ3n) is 5.38. The summed E-state index contributed by atoms with van der Waals surface area (Å²) in [6.45, 7) is 8.84. The number of hydrogen-bond donors (Lipinski definition) is 1. The van der Waals surface area contributed by atoms with Crippen molar-refractivity contribution in [3.8, 4) is 0 Å². The molecule has 1 aromatic rings. The van der Waals surface area contributed by atoms with Gasteiger partial charge in [0.1, 0.15) is 5.78 Å². The predicted octanol–water partition coefficient (Wildman–Crippen LogP) is 3.49. The van der Waals surface area contributed by atoms with Crippen molar-refractivity contribution in [2.24, 2.45) is 11.3 Å². The number of Topliss-reactive ketones (excluding diaryl/α,β-unsaturated/α-hetero) is 1. The molecule has 0 bridgehead atoms. The molecule has 1 saturated carbocycles. The molecule has 2 fully saturated rings. The maximum absolute atomic E-state index is 12.5. The van der Waals surface area contributed by atoms with Crippen LogP contribution in [0.1, 0.15) is 51.2 Å². The Labute approximate surface area is 128 Å². The van der Waals surface area contributed by atoms with Crippen molar-refractivity contribution >= 4 is 5.78 Å². The first-order chi connectivity index (χ1) is 9.91. The topological polar surface area (TPSA) is 29.1 Å². The van der Waals surface area contributed by atoms with Crippen LogP contribution in [-0.4, -0.2) is 18.9 Å². The van der Waals surface area contributed by atoms with Gasteiger partial charge in [0.05, 0.1) is 0 Å². The number of carbonyl (C=O) groups excluding carboxylic acids is 1. The van der Waals surface area contributed by atoms with Crippen LogP contribution in [0.25, 0.3) is 0 Å². The number of piperidine rings is 1. The van der Waals surface area contributed by atoms with E-state index in [0.717, 1.165) is 19.5 Å². The van der Waals surface area contributed by atoms with E-state index in [1.807, 2.05) is 0 Å². The Morgan fingerprint density at radius 3 is 2.38 bits per heavy atom. The van der Waals surface area contributed by atoms with Crippen molar-refractivity contribution in [2.45, 2.75) is 51.9 Å². The molecule has 2 nitrogen and oxygen atoms in total. The first kappa shape index (κ1) is 14.8. The molecule has 1 aliphatic carbocycles. The van der Waals surface area contributed by atoms with E-state index in [1.54, 1.807) is 0 Å². The van der Waals surface area contributed by atoms with E-state index in [1.165, 1.54) is 24.0 Å². The lowest BCUT2D eigenvalue weighted by molar-refractivity contribution is -0.120. The van der Waals surface area contributed by atoms with Gasteiger partial charge in [-0.25, -0.2) is 0 Å². The van der Waals surface area contributed by atoms with Crippen LogP contribution in [0, 0.1) is 11.3 Å². The molecule has 2 aliphatic rings. The predicted molar refractivity (Wildman–Crippen MR) is 86.5 cm³/mol. The van der Waals surface area contributed by atoms with Crippen LogP contribution in [0.2, 0.25) is 0 Å². The fourth-order valence-electron chi connectivity index (χ4n) is 3.73. The average molecular weight is 285 g/mol. The largest absolute Gasteiger partial charge is 0.317 e. The number of benzene rings is 1. The molecule has 0 aromatic heterocycles. The Morgan fingerprint density at radius 2 is 1.81 bits per heavy atom. The molecule has 114 valence electrons. The van der Waals surface area contributed by atoms with Crippen LogP contribution in [0.15, 0.2) is 24.3 Å². The van der Waals surface area contributed by atoms with Gasteiger partial charge in [0, 0.05) is 12.3 Å². The van der Waals surface area contributed by atoms with Gasteiger partial charge < -0.3 is 5.32 Å². The van der Waals surface area contributed by atoms with Gasteiger partial charge >= 0.3 is 0 Å². The Morgan fingerprint density at radius 1 is 1.19 bits per heavy atom. The van der Waals surface area contributed by atoms with Gasteiger partial charge in [-0.1, -0.05) is 45.0 Å². The number of ketones is 1. The molecular formula is C19H27NO.